The first-order valence-corrected chi connectivity index (χ1v) is 6.72. The SMILES string of the molecule is O=CCCc1cc2c3c(c1)CCCN3CCC2. The molecule has 0 saturated heterocycles. The highest BCUT2D eigenvalue weighted by Crippen LogP contribution is 2.36. The molecule has 0 amide bonds. The fourth-order valence-electron chi connectivity index (χ4n) is 3.25. The molecule has 2 heteroatoms. The van der Waals surface area contributed by atoms with Crippen LogP contribution in [0.2, 0.25) is 0 Å². The van der Waals surface area contributed by atoms with Crippen molar-refractivity contribution in [2.75, 3.05) is 18.0 Å². The number of rotatable bonds is 3. The molecule has 1 aromatic rings. The molecule has 0 bridgehead atoms. The van der Waals surface area contributed by atoms with Gasteiger partial charge >= 0.3 is 0 Å². The summed E-state index contributed by atoms with van der Waals surface area (Å²) < 4.78 is 0. The minimum Gasteiger partial charge on any atom is -0.371 e. The molecule has 0 spiro atoms. The van der Waals surface area contributed by atoms with Gasteiger partial charge in [0.1, 0.15) is 6.29 Å². The smallest absolute Gasteiger partial charge is 0.120 e. The van der Waals surface area contributed by atoms with Crippen LogP contribution in [0.15, 0.2) is 12.1 Å². The minimum atomic E-state index is 0.655. The van der Waals surface area contributed by atoms with Crippen LogP contribution in [0, 0.1) is 0 Å². The Bertz CT molecular complexity index is 408. The van der Waals surface area contributed by atoms with Gasteiger partial charge in [-0.05, 0) is 48.8 Å². The molecule has 2 aliphatic rings. The highest BCUT2D eigenvalue weighted by Gasteiger charge is 2.23. The highest BCUT2D eigenvalue weighted by atomic mass is 16.1. The molecule has 1 aromatic carbocycles. The summed E-state index contributed by atoms with van der Waals surface area (Å²) in [5.74, 6) is 0. The standard InChI is InChI=1S/C15H19NO/c17-9-3-4-12-10-13-5-1-7-16-8-2-6-14(11-12)15(13)16/h9-11H,1-8H2. The summed E-state index contributed by atoms with van der Waals surface area (Å²) in [5.41, 5.74) is 5.93. The van der Waals surface area contributed by atoms with Crippen LogP contribution in [-0.2, 0) is 24.1 Å². The second-order valence-corrected chi connectivity index (χ2v) is 5.16. The maximum atomic E-state index is 10.5. The Balaban J connectivity index is 1.99. The molecule has 0 aromatic heterocycles. The van der Waals surface area contributed by atoms with Gasteiger partial charge < -0.3 is 9.69 Å². The van der Waals surface area contributed by atoms with Crippen LogP contribution in [0.4, 0.5) is 5.69 Å². The van der Waals surface area contributed by atoms with Crippen molar-refractivity contribution >= 4 is 12.0 Å². The lowest BCUT2D eigenvalue weighted by Gasteiger charge is -2.37. The average molecular weight is 229 g/mol. The third-order valence-electron chi connectivity index (χ3n) is 3.94. The number of hydrogen-bond donors (Lipinski definition) is 0. The molecule has 0 radical (unpaired) electrons. The first kappa shape index (κ1) is 10.8. The van der Waals surface area contributed by atoms with Crippen molar-refractivity contribution in [1.82, 2.24) is 0 Å². The van der Waals surface area contributed by atoms with Crippen LogP contribution in [0.3, 0.4) is 0 Å². The molecule has 0 aliphatic carbocycles. The monoisotopic (exact) mass is 229 g/mol. The summed E-state index contributed by atoms with van der Waals surface area (Å²) in [7, 11) is 0. The molecule has 2 aliphatic heterocycles. The van der Waals surface area contributed by atoms with Crippen molar-refractivity contribution < 1.29 is 4.79 Å². The Morgan fingerprint density at radius 3 is 2.35 bits per heavy atom. The summed E-state index contributed by atoms with van der Waals surface area (Å²) >= 11 is 0. The molecule has 0 unspecified atom stereocenters. The van der Waals surface area contributed by atoms with E-state index in [2.05, 4.69) is 17.0 Å². The van der Waals surface area contributed by atoms with E-state index in [4.69, 9.17) is 0 Å². The van der Waals surface area contributed by atoms with Gasteiger partial charge in [-0.25, -0.2) is 0 Å². The topological polar surface area (TPSA) is 20.3 Å². The Labute approximate surface area is 103 Å². The van der Waals surface area contributed by atoms with Crippen molar-refractivity contribution in [3.8, 4) is 0 Å². The third kappa shape index (κ3) is 1.97. The number of carbonyl (C=O) groups is 1. The maximum Gasteiger partial charge on any atom is 0.120 e. The lowest BCUT2D eigenvalue weighted by atomic mass is 9.89. The fourth-order valence-corrected chi connectivity index (χ4v) is 3.25. The second kappa shape index (κ2) is 4.52. The van der Waals surface area contributed by atoms with Gasteiger partial charge in [-0.2, -0.15) is 0 Å². The number of carbonyl (C=O) groups excluding carboxylic acids is 1. The van der Waals surface area contributed by atoms with E-state index in [0.717, 1.165) is 12.7 Å². The van der Waals surface area contributed by atoms with E-state index >= 15 is 0 Å². The Morgan fingerprint density at radius 1 is 1.12 bits per heavy atom. The van der Waals surface area contributed by atoms with Crippen LogP contribution >= 0.6 is 0 Å². The molecule has 0 N–H and O–H groups in total. The first-order chi connectivity index (χ1) is 8.38. The van der Waals surface area contributed by atoms with E-state index in [1.165, 1.54) is 61.2 Å². The van der Waals surface area contributed by atoms with Crippen molar-refractivity contribution in [3.63, 3.8) is 0 Å². The number of nitrogens with zero attached hydrogens (tertiary/aromatic N) is 1. The van der Waals surface area contributed by atoms with E-state index in [0.29, 0.717) is 6.42 Å². The van der Waals surface area contributed by atoms with E-state index in [1.54, 1.807) is 0 Å². The lowest BCUT2D eigenvalue weighted by Crippen LogP contribution is -2.34. The summed E-state index contributed by atoms with van der Waals surface area (Å²) in [4.78, 5) is 13.0. The largest absolute Gasteiger partial charge is 0.371 e. The van der Waals surface area contributed by atoms with Gasteiger partial charge in [-0.3, -0.25) is 0 Å². The highest BCUT2D eigenvalue weighted by molar-refractivity contribution is 5.64. The van der Waals surface area contributed by atoms with Gasteiger partial charge in [0.15, 0.2) is 0 Å². The fraction of sp³-hybridized carbons (Fsp3) is 0.533. The molecule has 17 heavy (non-hydrogen) atoms. The summed E-state index contributed by atoms with van der Waals surface area (Å²) in [5, 5.41) is 0. The number of aryl methyl sites for hydroxylation is 3. The molecule has 0 fully saturated rings. The number of aldehydes is 1. The number of anilines is 1. The molecule has 0 atom stereocenters. The molecule has 3 rings (SSSR count). The number of benzene rings is 1. The zero-order chi connectivity index (χ0) is 11.7. The quantitative estimate of drug-likeness (QED) is 0.742. The van der Waals surface area contributed by atoms with Crippen LogP contribution in [-0.4, -0.2) is 19.4 Å². The summed E-state index contributed by atoms with van der Waals surface area (Å²) in [6, 6.07) is 4.67. The third-order valence-corrected chi connectivity index (χ3v) is 3.94. The van der Waals surface area contributed by atoms with Crippen LogP contribution in [0.1, 0.15) is 36.0 Å². The minimum absolute atomic E-state index is 0.655. The predicted octanol–water partition coefficient (Wildman–Crippen LogP) is 2.52. The van der Waals surface area contributed by atoms with Gasteiger partial charge in [0, 0.05) is 25.2 Å². The van der Waals surface area contributed by atoms with E-state index < -0.39 is 0 Å². The van der Waals surface area contributed by atoms with Gasteiger partial charge in [0.2, 0.25) is 0 Å². The zero-order valence-electron chi connectivity index (χ0n) is 10.2. The molecular formula is C15H19NO. The van der Waals surface area contributed by atoms with Crippen molar-refractivity contribution in [1.29, 1.82) is 0 Å². The maximum absolute atomic E-state index is 10.5. The Morgan fingerprint density at radius 2 is 1.76 bits per heavy atom. The first-order valence-electron chi connectivity index (χ1n) is 6.72. The van der Waals surface area contributed by atoms with E-state index in [-0.39, 0.29) is 0 Å². The molecular weight excluding hydrogens is 210 g/mol. The zero-order valence-corrected chi connectivity index (χ0v) is 10.2. The predicted molar refractivity (Wildman–Crippen MR) is 69.7 cm³/mol. The molecule has 0 saturated carbocycles. The van der Waals surface area contributed by atoms with Crippen LogP contribution in [0.25, 0.3) is 0 Å². The van der Waals surface area contributed by atoms with Gasteiger partial charge in [0.05, 0.1) is 0 Å². The van der Waals surface area contributed by atoms with Crippen molar-refractivity contribution in [2.24, 2.45) is 0 Å². The summed E-state index contributed by atoms with van der Waals surface area (Å²) in [6.07, 6.45) is 7.58. The molecule has 2 heterocycles. The number of hydrogen-bond acceptors (Lipinski definition) is 2. The molecule has 2 nitrogen and oxygen atoms in total. The van der Waals surface area contributed by atoms with Gasteiger partial charge in [-0.1, -0.05) is 12.1 Å². The van der Waals surface area contributed by atoms with Crippen LogP contribution in [0.5, 0.6) is 0 Å². The van der Waals surface area contributed by atoms with Crippen molar-refractivity contribution in [3.05, 3.63) is 28.8 Å². The van der Waals surface area contributed by atoms with Crippen molar-refractivity contribution in [2.45, 2.75) is 38.5 Å². The van der Waals surface area contributed by atoms with E-state index in [9.17, 15) is 4.79 Å². The Hall–Kier alpha value is -1.31. The second-order valence-electron chi connectivity index (χ2n) is 5.16. The van der Waals surface area contributed by atoms with Crippen LogP contribution < -0.4 is 4.90 Å². The molecule has 90 valence electrons. The summed E-state index contributed by atoms with van der Waals surface area (Å²) in [6.45, 7) is 2.46. The average Bonchev–Trinajstić information content (AvgIpc) is 2.37. The van der Waals surface area contributed by atoms with Gasteiger partial charge in [-0.15, -0.1) is 0 Å². The normalized spacial score (nSPS) is 17.8. The van der Waals surface area contributed by atoms with Gasteiger partial charge in [0.25, 0.3) is 0 Å². The Kier molecular flexibility index (Phi) is 2.87. The van der Waals surface area contributed by atoms with E-state index in [1.807, 2.05) is 0 Å². The lowest BCUT2D eigenvalue weighted by molar-refractivity contribution is -0.107.